The monoisotopic (exact) mass is 634 g/mol. The van der Waals surface area contributed by atoms with Gasteiger partial charge in [0, 0.05) is 16.1 Å². The van der Waals surface area contributed by atoms with Crippen molar-refractivity contribution in [2.24, 2.45) is 5.10 Å². The lowest BCUT2D eigenvalue weighted by Gasteiger charge is -2.12. The van der Waals surface area contributed by atoms with Crippen molar-refractivity contribution >= 4 is 68.9 Å². The normalized spacial score (nSPS) is 10.9. The lowest BCUT2D eigenvalue weighted by molar-refractivity contribution is 0.0955. The highest BCUT2D eigenvalue weighted by Gasteiger charge is 2.10. The van der Waals surface area contributed by atoms with Crippen LogP contribution in [0.15, 0.2) is 65.8 Å². The van der Waals surface area contributed by atoms with Crippen LogP contribution in [0.2, 0.25) is 5.02 Å². The first-order chi connectivity index (χ1) is 13.9. The van der Waals surface area contributed by atoms with E-state index in [1.807, 2.05) is 12.1 Å². The zero-order valence-electron chi connectivity index (χ0n) is 14.8. The van der Waals surface area contributed by atoms with Crippen molar-refractivity contribution in [1.82, 2.24) is 5.43 Å². The van der Waals surface area contributed by atoms with E-state index in [1.165, 1.54) is 6.07 Å². The van der Waals surface area contributed by atoms with E-state index in [0.29, 0.717) is 21.9 Å². The summed E-state index contributed by atoms with van der Waals surface area (Å²) in [4.78, 5) is 12.1. The van der Waals surface area contributed by atoms with Crippen LogP contribution in [0.4, 0.5) is 4.39 Å². The van der Waals surface area contributed by atoms with Gasteiger partial charge >= 0.3 is 0 Å². The highest BCUT2D eigenvalue weighted by Crippen LogP contribution is 2.29. The number of amides is 1. The topological polar surface area (TPSA) is 50.7 Å². The fraction of sp³-hybridized carbons (Fsp3) is 0.0476. The van der Waals surface area contributed by atoms with Gasteiger partial charge in [-0.2, -0.15) is 5.10 Å². The molecule has 0 aliphatic carbocycles. The van der Waals surface area contributed by atoms with Crippen molar-refractivity contribution in [1.29, 1.82) is 0 Å². The number of halogens is 4. The molecule has 0 spiro atoms. The molecule has 0 saturated carbocycles. The van der Waals surface area contributed by atoms with E-state index in [2.05, 4.69) is 55.7 Å². The van der Waals surface area contributed by atoms with Gasteiger partial charge < -0.3 is 4.74 Å². The molecule has 0 aliphatic rings. The molecular formula is C21H14ClFI2N2O2. The highest BCUT2D eigenvalue weighted by atomic mass is 127. The molecule has 0 radical (unpaired) electrons. The van der Waals surface area contributed by atoms with Gasteiger partial charge in [-0.15, -0.1) is 0 Å². The van der Waals surface area contributed by atoms with Gasteiger partial charge in [-0.3, -0.25) is 4.79 Å². The molecule has 0 saturated heterocycles. The first-order valence-electron chi connectivity index (χ1n) is 8.38. The Morgan fingerprint density at radius 2 is 1.76 bits per heavy atom. The number of carbonyl (C=O) groups is 1. The Balaban J connectivity index is 1.65. The first kappa shape index (κ1) is 22.0. The summed E-state index contributed by atoms with van der Waals surface area (Å²) < 4.78 is 21.3. The third-order valence-corrected chi connectivity index (χ3v) is 5.69. The Morgan fingerprint density at radius 1 is 1.10 bits per heavy atom. The van der Waals surface area contributed by atoms with E-state index < -0.39 is 0 Å². The second-order valence-electron chi connectivity index (χ2n) is 5.90. The maximum Gasteiger partial charge on any atom is 0.271 e. The summed E-state index contributed by atoms with van der Waals surface area (Å²) in [5, 5.41) is 4.56. The zero-order valence-corrected chi connectivity index (χ0v) is 19.9. The number of hydrazone groups is 1. The number of benzene rings is 3. The van der Waals surface area contributed by atoms with Crippen LogP contribution in [0.3, 0.4) is 0 Å². The first-order valence-corrected chi connectivity index (χ1v) is 10.9. The summed E-state index contributed by atoms with van der Waals surface area (Å²) in [5.74, 6) is 0.0571. The fourth-order valence-corrected chi connectivity index (χ4v) is 4.64. The number of nitrogens with zero attached hydrogens (tertiary/aromatic N) is 1. The van der Waals surface area contributed by atoms with E-state index in [-0.39, 0.29) is 18.3 Å². The molecule has 0 heterocycles. The zero-order chi connectivity index (χ0) is 20.8. The maximum atomic E-state index is 13.8. The smallest absolute Gasteiger partial charge is 0.271 e. The number of rotatable bonds is 6. The molecule has 1 amide bonds. The average Bonchev–Trinajstić information content (AvgIpc) is 2.69. The molecule has 3 aromatic carbocycles. The van der Waals surface area contributed by atoms with Crippen LogP contribution in [0.25, 0.3) is 0 Å². The van der Waals surface area contributed by atoms with Gasteiger partial charge in [-0.05, 0) is 93.2 Å². The van der Waals surface area contributed by atoms with Crippen molar-refractivity contribution in [3.63, 3.8) is 0 Å². The van der Waals surface area contributed by atoms with Crippen LogP contribution in [-0.4, -0.2) is 12.1 Å². The Morgan fingerprint density at radius 3 is 2.41 bits per heavy atom. The number of carbonyl (C=O) groups excluding carboxylic acids is 1. The summed E-state index contributed by atoms with van der Waals surface area (Å²) in [5.41, 5.74) is 4.24. The third-order valence-electron chi connectivity index (χ3n) is 3.84. The molecular weight excluding hydrogens is 621 g/mol. The van der Waals surface area contributed by atoms with Gasteiger partial charge in [0.1, 0.15) is 18.2 Å². The molecule has 0 unspecified atom stereocenters. The number of hydrogen-bond donors (Lipinski definition) is 1. The van der Waals surface area contributed by atoms with Crippen molar-refractivity contribution < 1.29 is 13.9 Å². The number of hydrogen-bond acceptors (Lipinski definition) is 3. The predicted octanol–water partition coefficient (Wildman–Crippen LogP) is 6.03. The third kappa shape index (κ3) is 6.13. The largest absolute Gasteiger partial charge is 0.487 e. The summed E-state index contributed by atoms with van der Waals surface area (Å²) >= 11 is 10.1. The minimum atomic E-state index is -0.327. The van der Waals surface area contributed by atoms with E-state index in [4.69, 9.17) is 16.3 Å². The second-order valence-corrected chi connectivity index (χ2v) is 8.66. The van der Waals surface area contributed by atoms with Crippen LogP contribution < -0.4 is 10.2 Å². The quantitative estimate of drug-likeness (QED) is 0.205. The van der Waals surface area contributed by atoms with E-state index >= 15 is 0 Å². The average molecular weight is 635 g/mol. The molecule has 8 heteroatoms. The van der Waals surface area contributed by atoms with Gasteiger partial charge in [0.25, 0.3) is 5.91 Å². The molecule has 0 atom stereocenters. The van der Waals surface area contributed by atoms with Crippen molar-refractivity contribution in [2.45, 2.75) is 6.61 Å². The molecule has 3 rings (SSSR count). The van der Waals surface area contributed by atoms with E-state index in [0.717, 1.165) is 12.7 Å². The molecule has 0 fully saturated rings. The molecule has 3 aromatic rings. The van der Waals surface area contributed by atoms with Gasteiger partial charge in [-0.1, -0.05) is 29.8 Å². The van der Waals surface area contributed by atoms with Crippen LogP contribution >= 0.6 is 56.8 Å². The summed E-state index contributed by atoms with van der Waals surface area (Å²) in [6, 6.07) is 16.8. The molecule has 148 valence electrons. The fourth-order valence-electron chi connectivity index (χ4n) is 2.39. The molecule has 1 N–H and O–H groups in total. The summed E-state index contributed by atoms with van der Waals surface area (Å²) in [6.45, 7) is 0.142. The van der Waals surface area contributed by atoms with Crippen LogP contribution in [0, 0.1) is 13.0 Å². The van der Waals surface area contributed by atoms with Gasteiger partial charge in [-0.25, -0.2) is 9.82 Å². The molecule has 29 heavy (non-hydrogen) atoms. The Bertz CT molecular complexity index is 1040. The lowest BCUT2D eigenvalue weighted by Crippen LogP contribution is -2.17. The summed E-state index contributed by atoms with van der Waals surface area (Å²) in [7, 11) is 0. The van der Waals surface area contributed by atoms with Crippen LogP contribution in [0.5, 0.6) is 5.75 Å². The van der Waals surface area contributed by atoms with E-state index in [9.17, 15) is 9.18 Å². The minimum absolute atomic E-state index is 0.142. The SMILES string of the molecule is O=C(N/N=C/c1cc(I)c(OCc2ccccc2F)c(I)c1)c1ccc(Cl)cc1. The van der Waals surface area contributed by atoms with E-state index in [1.54, 1.807) is 48.7 Å². The molecule has 4 nitrogen and oxygen atoms in total. The van der Waals surface area contributed by atoms with Crippen molar-refractivity contribution in [3.05, 3.63) is 95.3 Å². The second kappa shape index (κ2) is 10.4. The molecule has 0 aromatic heterocycles. The van der Waals surface area contributed by atoms with Gasteiger partial charge in [0.2, 0.25) is 0 Å². The van der Waals surface area contributed by atoms with Gasteiger partial charge in [0.15, 0.2) is 0 Å². The highest BCUT2D eigenvalue weighted by molar-refractivity contribution is 14.1. The van der Waals surface area contributed by atoms with Crippen molar-refractivity contribution in [2.75, 3.05) is 0 Å². The van der Waals surface area contributed by atoms with Crippen LogP contribution in [0.1, 0.15) is 21.5 Å². The molecule has 0 aliphatic heterocycles. The van der Waals surface area contributed by atoms with Crippen molar-refractivity contribution in [3.8, 4) is 5.75 Å². The molecule has 0 bridgehead atoms. The number of nitrogens with one attached hydrogen (secondary N) is 1. The lowest BCUT2D eigenvalue weighted by atomic mass is 10.2. The predicted molar refractivity (Wildman–Crippen MR) is 129 cm³/mol. The number of ether oxygens (including phenoxy) is 1. The van der Waals surface area contributed by atoms with Gasteiger partial charge in [0.05, 0.1) is 13.4 Å². The Kier molecular flexibility index (Phi) is 7.84. The Labute approximate surface area is 199 Å². The maximum absolute atomic E-state index is 13.8. The Hall–Kier alpha value is -1.72. The minimum Gasteiger partial charge on any atom is -0.487 e. The van der Waals surface area contributed by atoms with Crippen LogP contribution in [-0.2, 0) is 6.61 Å². The standard InChI is InChI=1S/C21H14ClFI2N2O2/c22-16-7-5-14(6-8-16)21(28)27-26-11-13-9-18(24)20(19(25)10-13)29-12-15-3-1-2-4-17(15)23/h1-11H,12H2,(H,27,28)/b26-11+. The summed E-state index contributed by atoms with van der Waals surface area (Å²) in [6.07, 6.45) is 1.55.